The van der Waals surface area contributed by atoms with Crippen LogP contribution in [0, 0.1) is 3.57 Å². The molecular formula is C23H21IN6O. The Morgan fingerprint density at radius 3 is 2.74 bits per heavy atom. The van der Waals surface area contributed by atoms with Crippen LogP contribution in [0.3, 0.4) is 0 Å². The summed E-state index contributed by atoms with van der Waals surface area (Å²) in [6, 6.07) is 15.2. The predicted molar refractivity (Wildman–Crippen MR) is 130 cm³/mol. The monoisotopic (exact) mass is 524 g/mol. The molecule has 2 N–H and O–H groups in total. The Labute approximate surface area is 194 Å². The van der Waals surface area contributed by atoms with E-state index in [2.05, 4.69) is 48.2 Å². The van der Waals surface area contributed by atoms with E-state index in [0.717, 1.165) is 40.2 Å². The van der Waals surface area contributed by atoms with E-state index in [1.165, 1.54) is 0 Å². The molecule has 31 heavy (non-hydrogen) atoms. The van der Waals surface area contributed by atoms with Crippen LogP contribution in [0.4, 0.5) is 11.5 Å². The highest BCUT2D eigenvalue weighted by Gasteiger charge is 2.10. The fourth-order valence-electron chi connectivity index (χ4n) is 3.05. The Balaban J connectivity index is 1.34. The molecule has 156 valence electrons. The van der Waals surface area contributed by atoms with Crippen LogP contribution >= 0.6 is 22.6 Å². The number of aryl methyl sites for hydroxylation is 1. The minimum absolute atomic E-state index is 0.202. The minimum Gasteiger partial charge on any atom is -0.370 e. The third kappa shape index (κ3) is 5.66. The number of hydrogen-bond donors (Lipinski definition) is 2. The van der Waals surface area contributed by atoms with E-state index < -0.39 is 0 Å². The summed E-state index contributed by atoms with van der Waals surface area (Å²) in [4.78, 5) is 25.4. The molecule has 0 atom stereocenters. The van der Waals surface area contributed by atoms with Gasteiger partial charge in [0.2, 0.25) is 0 Å². The van der Waals surface area contributed by atoms with Crippen molar-refractivity contribution in [3.63, 3.8) is 0 Å². The Bertz CT molecular complexity index is 1130. The Morgan fingerprint density at radius 1 is 1.06 bits per heavy atom. The van der Waals surface area contributed by atoms with Gasteiger partial charge in [-0.05, 0) is 71.5 Å². The van der Waals surface area contributed by atoms with Crippen molar-refractivity contribution in [3.8, 4) is 11.3 Å². The minimum atomic E-state index is -0.202. The zero-order valence-electron chi connectivity index (χ0n) is 16.7. The number of imidazole rings is 1. The summed E-state index contributed by atoms with van der Waals surface area (Å²) in [5.74, 6) is 0.543. The molecule has 1 aromatic carbocycles. The quantitative estimate of drug-likeness (QED) is 0.258. The van der Waals surface area contributed by atoms with E-state index in [0.29, 0.717) is 11.3 Å². The van der Waals surface area contributed by atoms with Crippen molar-refractivity contribution in [2.75, 3.05) is 17.2 Å². The maximum atomic E-state index is 12.7. The molecule has 3 heterocycles. The van der Waals surface area contributed by atoms with Crippen LogP contribution in [0.15, 0.2) is 79.6 Å². The fourth-order valence-corrected chi connectivity index (χ4v) is 3.67. The molecule has 1 amide bonds. The molecule has 0 aliphatic rings. The van der Waals surface area contributed by atoms with Gasteiger partial charge < -0.3 is 15.2 Å². The summed E-state index contributed by atoms with van der Waals surface area (Å²) in [5.41, 5.74) is 3.06. The standard InChI is InChI=1S/C23H21IN6O/c24-20-7-6-18(14-19(20)21-4-1-2-9-26-21)29-23(31)17-5-8-22(28-15-17)27-10-3-12-30-13-11-25-16-30/h1-2,4-9,11,13-16H,3,10,12H2,(H,27,28)(H,29,31). The number of aromatic nitrogens is 4. The van der Waals surface area contributed by atoms with Gasteiger partial charge in [0.05, 0.1) is 17.6 Å². The number of carbonyl (C=O) groups is 1. The van der Waals surface area contributed by atoms with E-state index in [1.54, 1.807) is 31.0 Å². The second kappa shape index (κ2) is 10.2. The summed E-state index contributed by atoms with van der Waals surface area (Å²) in [6.07, 6.45) is 9.81. The molecule has 0 aliphatic carbocycles. The summed E-state index contributed by atoms with van der Waals surface area (Å²) < 4.78 is 3.10. The SMILES string of the molecule is O=C(Nc1ccc(I)c(-c2ccccn2)c1)c1ccc(NCCCn2ccnc2)nc1. The van der Waals surface area contributed by atoms with E-state index in [-0.39, 0.29) is 5.91 Å². The molecule has 3 aromatic heterocycles. The molecule has 0 saturated heterocycles. The molecule has 0 radical (unpaired) electrons. The van der Waals surface area contributed by atoms with E-state index in [1.807, 2.05) is 53.2 Å². The molecule has 0 spiro atoms. The Hall–Kier alpha value is -3.27. The number of benzene rings is 1. The molecule has 0 bridgehead atoms. The van der Waals surface area contributed by atoms with Crippen molar-refractivity contribution in [3.05, 3.63) is 88.8 Å². The number of hydrogen-bond acceptors (Lipinski definition) is 5. The number of rotatable bonds is 8. The average molecular weight is 524 g/mol. The lowest BCUT2D eigenvalue weighted by Crippen LogP contribution is -2.13. The van der Waals surface area contributed by atoms with Gasteiger partial charge in [0, 0.05) is 52.7 Å². The average Bonchev–Trinajstić information content (AvgIpc) is 3.32. The molecule has 8 heteroatoms. The molecule has 0 unspecified atom stereocenters. The number of halogens is 1. The first-order valence-electron chi connectivity index (χ1n) is 9.87. The summed E-state index contributed by atoms with van der Waals surface area (Å²) in [7, 11) is 0. The van der Waals surface area contributed by atoms with Crippen molar-refractivity contribution in [2.24, 2.45) is 0 Å². The number of carbonyl (C=O) groups excluding carboxylic acids is 1. The van der Waals surface area contributed by atoms with Gasteiger partial charge in [0.1, 0.15) is 5.82 Å². The van der Waals surface area contributed by atoms with E-state index in [9.17, 15) is 4.79 Å². The molecule has 7 nitrogen and oxygen atoms in total. The highest BCUT2D eigenvalue weighted by Crippen LogP contribution is 2.27. The van der Waals surface area contributed by atoms with Crippen LogP contribution in [-0.2, 0) is 6.54 Å². The molecule has 0 fully saturated rings. The lowest BCUT2D eigenvalue weighted by molar-refractivity contribution is 0.102. The predicted octanol–water partition coefficient (Wildman–Crippen LogP) is 4.70. The second-order valence-corrected chi connectivity index (χ2v) is 8.04. The number of nitrogens with one attached hydrogen (secondary N) is 2. The van der Waals surface area contributed by atoms with Crippen LogP contribution in [0.1, 0.15) is 16.8 Å². The van der Waals surface area contributed by atoms with Crippen LogP contribution in [-0.4, -0.2) is 32.0 Å². The van der Waals surface area contributed by atoms with Gasteiger partial charge in [-0.15, -0.1) is 0 Å². The van der Waals surface area contributed by atoms with Crippen molar-refractivity contribution in [2.45, 2.75) is 13.0 Å². The number of amides is 1. The summed E-state index contributed by atoms with van der Waals surface area (Å²) >= 11 is 2.27. The van der Waals surface area contributed by atoms with Crippen LogP contribution < -0.4 is 10.6 Å². The van der Waals surface area contributed by atoms with Gasteiger partial charge >= 0.3 is 0 Å². The largest absolute Gasteiger partial charge is 0.370 e. The highest BCUT2D eigenvalue weighted by atomic mass is 127. The molecular weight excluding hydrogens is 503 g/mol. The van der Waals surface area contributed by atoms with Gasteiger partial charge in [-0.3, -0.25) is 9.78 Å². The van der Waals surface area contributed by atoms with Gasteiger partial charge in [0.25, 0.3) is 5.91 Å². The number of anilines is 2. The van der Waals surface area contributed by atoms with E-state index in [4.69, 9.17) is 0 Å². The zero-order valence-corrected chi connectivity index (χ0v) is 18.9. The maximum absolute atomic E-state index is 12.7. The van der Waals surface area contributed by atoms with Gasteiger partial charge in [0.15, 0.2) is 0 Å². The van der Waals surface area contributed by atoms with E-state index >= 15 is 0 Å². The molecule has 0 aliphatic heterocycles. The number of pyridine rings is 2. The highest BCUT2D eigenvalue weighted by molar-refractivity contribution is 14.1. The first kappa shape index (κ1) is 21.0. The molecule has 4 rings (SSSR count). The normalized spacial score (nSPS) is 10.6. The first-order chi connectivity index (χ1) is 15.2. The van der Waals surface area contributed by atoms with Crippen LogP contribution in [0.25, 0.3) is 11.3 Å². The maximum Gasteiger partial charge on any atom is 0.257 e. The lowest BCUT2D eigenvalue weighted by atomic mass is 10.1. The van der Waals surface area contributed by atoms with Crippen molar-refractivity contribution in [1.82, 2.24) is 19.5 Å². The van der Waals surface area contributed by atoms with Crippen LogP contribution in [0.5, 0.6) is 0 Å². The van der Waals surface area contributed by atoms with Crippen molar-refractivity contribution in [1.29, 1.82) is 0 Å². The van der Waals surface area contributed by atoms with Gasteiger partial charge in [-0.1, -0.05) is 6.07 Å². The third-order valence-electron chi connectivity index (χ3n) is 4.65. The smallest absolute Gasteiger partial charge is 0.257 e. The summed E-state index contributed by atoms with van der Waals surface area (Å²) in [6.45, 7) is 1.68. The molecule has 4 aromatic rings. The lowest BCUT2D eigenvalue weighted by Gasteiger charge is -2.10. The van der Waals surface area contributed by atoms with Gasteiger partial charge in [-0.25, -0.2) is 9.97 Å². The topological polar surface area (TPSA) is 84.7 Å². The third-order valence-corrected chi connectivity index (χ3v) is 5.59. The van der Waals surface area contributed by atoms with Crippen molar-refractivity contribution < 1.29 is 4.79 Å². The molecule has 0 saturated carbocycles. The summed E-state index contributed by atoms with van der Waals surface area (Å²) in [5, 5.41) is 6.21. The first-order valence-corrected chi connectivity index (χ1v) is 10.9. The second-order valence-electron chi connectivity index (χ2n) is 6.88. The Morgan fingerprint density at radius 2 is 2.00 bits per heavy atom. The zero-order chi connectivity index (χ0) is 21.5. The number of nitrogens with zero attached hydrogens (tertiary/aromatic N) is 4. The van der Waals surface area contributed by atoms with Gasteiger partial charge in [-0.2, -0.15) is 0 Å². The van der Waals surface area contributed by atoms with Crippen LogP contribution in [0.2, 0.25) is 0 Å². The fraction of sp³-hybridized carbons (Fsp3) is 0.130. The van der Waals surface area contributed by atoms with Crippen molar-refractivity contribution >= 4 is 40.0 Å². The Kier molecular flexibility index (Phi) is 6.88.